The van der Waals surface area contributed by atoms with E-state index in [1.807, 2.05) is 0 Å². The number of aromatic carboxylic acids is 1. The molecular formula is C16H10F2N2O4. The molecule has 24 heavy (non-hydrogen) atoms. The highest BCUT2D eigenvalue weighted by Gasteiger charge is 2.24. The number of rotatable bonds is 3. The van der Waals surface area contributed by atoms with E-state index < -0.39 is 28.9 Å². The molecule has 0 aliphatic rings. The number of phenols is 1. The third-order valence-electron chi connectivity index (χ3n) is 3.49. The molecule has 3 aromatic rings. The van der Waals surface area contributed by atoms with E-state index in [0.717, 1.165) is 6.07 Å². The van der Waals surface area contributed by atoms with Crippen LogP contribution in [0.2, 0.25) is 0 Å². The first kappa shape index (κ1) is 15.6. The fourth-order valence-electron chi connectivity index (χ4n) is 2.41. The van der Waals surface area contributed by atoms with E-state index >= 15 is 0 Å². The Morgan fingerprint density at radius 1 is 1.12 bits per heavy atom. The van der Waals surface area contributed by atoms with Gasteiger partial charge >= 0.3 is 5.97 Å². The van der Waals surface area contributed by atoms with Crippen LogP contribution in [0.15, 0.2) is 30.6 Å². The van der Waals surface area contributed by atoms with Crippen LogP contribution in [0.3, 0.4) is 0 Å². The number of halogens is 2. The molecule has 0 saturated carbocycles. The van der Waals surface area contributed by atoms with Gasteiger partial charge < -0.3 is 14.9 Å². The van der Waals surface area contributed by atoms with Gasteiger partial charge in [0.1, 0.15) is 5.52 Å². The number of hydrogen-bond donors (Lipinski definition) is 2. The first-order valence-corrected chi connectivity index (χ1v) is 6.68. The van der Waals surface area contributed by atoms with Crippen LogP contribution in [0.1, 0.15) is 10.4 Å². The summed E-state index contributed by atoms with van der Waals surface area (Å²) in [5.74, 6) is -4.65. The molecule has 0 radical (unpaired) electrons. The summed E-state index contributed by atoms with van der Waals surface area (Å²) in [4.78, 5) is 19.2. The van der Waals surface area contributed by atoms with Crippen LogP contribution in [0.5, 0.6) is 11.5 Å². The standard InChI is InChI=1S/C16H10F2N2O4/c1-24-10-6-9(21)12(17)11(13(10)18)7-2-3-8(16(22)23)15-14(7)19-4-5-20-15/h2-6,21H,1H3,(H,22,23). The first-order valence-electron chi connectivity index (χ1n) is 6.68. The molecule has 122 valence electrons. The predicted octanol–water partition coefficient (Wildman–Crippen LogP) is 2.99. The van der Waals surface area contributed by atoms with E-state index in [-0.39, 0.29) is 27.9 Å². The van der Waals surface area contributed by atoms with Crippen LogP contribution in [0.25, 0.3) is 22.2 Å². The van der Waals surface area contributed by atoms with Crippen molar-refractivity contribution < 1.29 is 28.5 Å². The minimum atomic E-state index is -1.25. The minimum absolute atomic E-state index is 0.0112. The maximum absolute atomic E-state index is 14.5. The lowest BCUT2D eigenvalue weighted by atomic mass is 9.99. The van der Waals surface area contributed by atoms with E-state index in [1.54, 1.807) is 0 Å². The number of ether oxygens (including phenoxy) is 1. The third kappa shape index (κ3) is 2.28. The van der Waals surface area contributed by atoms with Crippen molar-refractivity contribution in [3.05, 3.63) is 47.8 Å². The Labute approximate surface area is 134 Å². The van der Waals surface area contributed by atoms with Crippen LogP contribution in [0.4, 0.5) is 8.78 Å². The molecule has 6 nitrogen and oxygen atoms in total. The van der Waals surface area contributed by atoms with Crippen LogP contribution in [-0.2, 0) is 0 Å². The summed E-state index contributed by atoms with van der Waals surface area (Å²) in [6.07, 6.45) is 2.54. The van der Waals surface area contributed by atoms with Crippen molar-refractivity contribution in [2.45, 2.75) is 0 Å². The second-order valence-electron chi connectivity index (χ2n) is 4.82. The molecule has 2 N–H and O–H groups in total. The molecule has 0 aliphatic heterocycles. The highest BCUT2D eigenvalue weighted by Crippen LogP contribution is 2.39. The topological polar surface area (TPSA) is 92.5 Å². The number of aromatic nitrogens is 2. The number of carboxylic acid groups (broad SMARTS) is 1. The van der Waals surface area contributed by atoms with Gasteiger partial charge in [-0.05, 0) is 6.07 Å². The van der Waals surface area contributed by atoms with Gasteiger partial charge in [-0.3, -0.25) is 9.97 Å². The summed E-state index contributed by atoms with van der Waals surface area (Å²) in [6, 6.07) is 3.19. The Morgan fingerprint density at radius 2 is 1.79 bits per heavy atom. The zero-order chi connectivity index (χ0) is 17.4. The Morgan fingerprint density at radius 3 is 2.42 bits per heavy atom. The molecular weight excluding hydrogens is 322 g/mol. The first-order chi connectivity index (χ1) is 11.5. The summed E-state index contributed by atoms with van der Waals surface area (Å²) < 4.78 is 33.7. The average Bonchev–Trinajstić information content (AvgIpc) is 2.58. The Kier molecular flexibility index (Phi) is 3.72. The minimum Gasteiger partial charge on any atom is -0.505 e. The molecule has 0 unspecified atom stereocenters. The Bertz CT molecular complexity index is 976. The predicted molar refractivity (Wildman–Crippen MR) is 80.1 cm³/mol. The monoisotopic (exact) mass is 332 g/mol. The number of aromatic hydroxyl groups is 1. The molecule has 0 bridgehead atoms. The number of fused-ring (bicyclic) bond motifs is 1. The molecule has 0 saturated heterocycles. The molecule has 0 amide bonds. The molecule has 3 rings (SSSR count). The summed E-state index contributed by atoms with van der Waals surface area (Å²) in [5.41, 5.74) is -0.817. The molecule has 1 heterocycles. The van der Waals surface area contributed by atoms with E-state index in [9.17, 15) is 23.8 Å². The van der Waals surface area contributed by atoms with Crippen molar-refractivity contribution in [3.8, 4) is 22.6 Å². The Balaban J connectivity index is 2.43. The number of benzene rings is 2. The summed E-state index contributed by atoms with van der Waals surface area (Å²) in [7, 11) is 1.17. The number of nitrogens with zero attached hydrogens (tertiary/aromatic N) is 2. The highest BCUT2D eigenvalue weighted by molar-refractivity contribution is 6.05. The summed E-state index contributed by atoms with van der Waals surface area (Å²) in [5, 5.41) is 18.9. The van der Waals surface area contributed by atoms with Crippen LogP contribution < -0.4 is 4.74 Å². The average molecular weight is 332 g/mol. The van der Waals surface area contributed by atoms with Gasteiger partial charge in [-0.1, -0.05) is 6.07 Å². The second-order valence-corrected chi connectivity index (χ2v) is 4.82. The van der Waals surface area contributed by atoms with Gasteiger partial charge in [0.15, 0.2) is 23.1 Å². The van der Waals surface area contributed by atoms with Gasteiger partial charge in [0, 0.05) is 24.0 Å². The number of phenolic OH excluding ortho intramolecular Hbond substituents is 1. The summed E-state index contributed by atoms with van der Waals surface area (Å²) in [6.45, 7) is 0. The molecule has 1 aromatic heterocycles. The molecule has 0 atom stereocenters. The lowest BCUT2D eigenvalue weighted by Crippen LogP contribution is -2.02. The smallest absolute Gasteiger partial charge is 0.337 e. The van der Waals surface area contributed by atoms with Gasteiger partial charge in [0.2, 0.25) is 0 Å². The fraction of sp³-hybridized carbons (Fsp3) is 0.0625. The fourth-order valence-corrected chi connectivity index (χ4v) is 2.41. The lowest BCUT2D eigenvalue weighted by molar-refractivity contribution is 0.0699. The zero-order valence-corrected chi connectivity index (χ0v) is 12.2. The Hall–Kier alpha value is -3.29. The zero-order valence-electron chi connectivity index (χ0n) is 12.2. The van der Waals surface area contributed by atoms with Crippen LogP contribution >= 0.6 is 0 Å². The number of carboxylic acids is 1. The van der Waals surface area contributed by atoms with Crippen LogP contribution in [-0.4, -0.2) is 33.3 Å². The molecule has 0 aliphatic carbocycles. The number of hydrogen-bond acceptors (Lipinski definition) is 5. The van der Waals surface area contributed by atoms with Gasteiger partial charge in [-0.2, -0.15) is 0 Å². The van der Waals surface area contributed by atoms with Crippen molar-refractivity contribution in [1.29, 1.82) is 0 Å². The second kappa shape index (κ2) is 5.73. The molecule has 0 fully saturated rings. The molecule has 8 heteroatoms. The van der Waals surface area contributed by atoms with Gasteiger partial charge in [-0.15, -0.1) is 0 Å². The lowest BCUT2D eigenvalue weighted by Gasteiger charge is -2.13. The largest absolute Gasteiger partial charge is 0.505 e. The van der Waals surface area contributed by atoms with Crippen molar-refractivity contribution in [3.63, 3.8) is 0 Å². The third-order valence-corrected chi connectivity index (χ3v) is 3.49. The normalized spacial score (nSPS) is 10.8. The van der Waals surface area contributed by atoms with Gasteiger partial charge in [0.05, 0.1) is 23.8 Å². The van der Waals surface area contributed by atoms with Gasteiger partial charge in [0.25, 0.3) is 0 Å². The maximum Gasteiger partial charge on any atom is 0.337 e. The van der Waals surface area contributed by atoms with Crippen molar-refractivity contribution in [2.75, 3.05) is 7.11 Å². The quantitative estimate of drug-likeness (QED) is 0.766. The van der Waals surface area contributed by atoms with E-state index in [4.69, 9.17) is 4.74 Å². The van der Waals surface area contributed by atoms with Crippen LogP contribution in [0, 0.1) is 11.6 Å². The SMILES string of the molecule is COc1cc(O)c(F)c(-c2ccc(C(=O)O)c3nccnc23)c1F. The van der Waals surface area contributed by atoms with E-state index in [0.29, 0.717) is 0 Å². The number of carbonyl (C=O) groups is 1. The van der Waals surface area contributed by atoms with Crippen molar-refractivity contribution >= 4 is 17.0 Å². The molecule has 2 aromatic carbocycles. The highest BCUT2D eigenvalue weighted by atomic mass is 19.1. The van der Waals surface area contributed by atoms with Crippen molar-refractivity contribution in [1.82, 2.24) is 9.97 Å². The van der Waals surface area contributed by atoms with E-state index in [2.05, 4.69) is 9.97 Å². The van der Waals surface area contributed by atoms with E-state index in [1.165, 1.54) is 31.6 Å². The summed E-state index contributed by atoms with van der Waals surface area (Å²) >= 11 is 0. The molecule has 0 spiro atoms. The maximum atomic E-state index is 14.5. The number of methoxy groups -OCH3 is 1. The van der Waals surface area contributed by atoms with Crippen molar-refractivity contribution in [2.24, 2.45) is 0 Å². The van der Waals surface area contributed by atoms with Gasteiger partial charge in [-0.25, -0.2) is 13.6 Å².